The lowest BCUT2D eigenvalue weighted by Gasteiger charge is -2.38. The Labute approximate surface area is 179 Å². The molecule has 0 fully saturated rings. The third-order valence-corrected chi connectivity index (χ3v) is 5.53. The summed E-state index contributed by atoms with van der Waals surface area (Å²) in [5.41, 5.74) is 3.12. The van der Waals surface area contributed by atoms with Crippen LogP contribution in [0.3, 0.4) is 0 Å². The second kappa shape index (κ2) is 7.54. The third-order valence-electron chi connectivity index (χ3n) is 5.29. The summed E-state index contributed by atoms with van der Waals surface area (Å²) in [6.07, 6.45) is 1.83. The molecule has 6 nitrogen and oxygen atoms in total. The summed E-state index contributed by atoms with van der Waals surface area (Å²) in [6.45, 7) is 2.49. The molecule has 7 heteroatoms. The van der Waals surface area contributed by atoms with E-state index in [4.69, 9.17) is 26.2 Å². The second-order valence-electron chi connectivity index (χ2n) is 7.14. The molecule has 0 saturated heterocycles. The van der Waals surface area contributed by atoms with Gasteiger partial charge < -0.3 is 14.6 Å². The number of phenolic OH excluding ortho intramolecular Hbond substituents is 1. The Kier molecular flexibility index (Phi) is 4.71. The number of halogens is 1. The predicted molar refractivity (Wildman–Crippen MR) is 114 cm³/mol. The maximum atomic E-state index is 10.4. The van der Waals surface area contributed by atoms with Crippen LogP contribution in [0.4, 0.5) is 0 Å². The molecule has 2 aliphatic heterocycles. The zero-order chi connectivity index (χ0) is 20.7. The molecule has 0 unspecified atom stereocenters. The van der Waals surface area contributed by atoms with Crippen molar-refractivity contribution in [2.24, 2.45) is 5.10 Å². The van der Waals surface area contributed by atoms with Crippen LogP contribution in [-0.2, 0) is 0 Å². The van der Waals surface area contributed by atoms with E-state index in [0.717, 1.165) is 17.0 Å². The summed E-state index contributed by atoms with van der Waals surface area (Å²) in [7, 11) is 0. The number of nitrogens with zero attached hydrogens (tertiary/aromatic N) is 3. The Balaban J connectivity index is 1.63. The highest BCUT2D eigenvalue weighted by atomic mass is 35.5. The zero-order valence-electron chi connectivity index (χ0n) is 16.3. The van der Waals surface area contributed by atoms with Gasteiger partial charge in [-0.2, -0.15) is 5.10 Å². The fraction of sp³-hybridized carbons (Fsp3) is 0.217. The number of rotatable bonds is 4. The van der Waals surface area contributed by atoms with E-state index in [1.165, 1.54) is 0 Å². The number of phenols is 1. The van der Waals surface area contributed by atoms with Gasteiger partial charge in [0, 0.05) is 28.8 Å². The van der Waals surface area contributed by atoms with Crippen LogP contribution in [0.2, 0.25) is 5.02 Å². The van der Waals surface area contributed by atoms with Crippen LogP contribution < -0.4 is 9.47 Å². The molecule has 0 bridgehead atoms. The molecule has 30 heavy (non-hydrogen) atoms. The number of hydrazone groups is 1. The van der Waals surface area contributed by atoms with Crippen molar-refractivity contribution in [2.75, 3.05) is 6.61 Å². The molecular formula is C23H20ClN3O3. The Morgan fingerprint density at radius 1 is 1.20 bits per heavy atom. The second-order valence-corrected chi connectivity index (χ2v) is 7.58. The first-order valence-electron chi connectivity index (χ1n) is 9.83. The molecule has 1 N–H and O–H groups in total. The fourth-order valence-electron chi connectivity index (χ4n) is 3.97. The molecule has 0 aliphatic carbocycles. The molecular weight excluding hydrogens is 402 g/mol. The first-order valence-corrected chi connectivity index (χ1v) is 10.2. The van der Waals surface area contributed by atoms with Gasteiger partial charge >= 0.3 is 0 Å². The minimum absolute atomic E-state index is 0.0745. The van der Waals surface area contributed by atoms with Crippen LogP contribution in [0.1, 0.15) is 42.4 Å². The average molecular weight is 422 g/mol. The van der Waals surface area contributed by atoms with Crippen molar-refractivity contribution in [3.8, 4) is 17.2 Å². The van der Waals surface area contributed by atoms with E-state index in [9.17, 15) is 5.11 Å². The Morgan fingerprint density at radius 3 is 2.90 bits per heavy atom. The smallest absolute Gasteiger partial charge is 0.230 e. The first kappa shape index (κ1) is 18.8. The van der Waals surface area contributed by atoms with Gasteiger partial charge in [-0.05, 0) is 43.3 Å². The number of para-hydroxylation sites is 1. The number of fused-ring (bicyclic) bond motifs is 3. The lowest BCUT2D eigenvalue weighted by atomic mass is 9.95. The van der Waals surface area contributed by atoms with Gasteiger partial charge in [0.05, 0.1) is 18.4 Å². The van der Waals surface area contributed by atoms with Crippen LogP contribution in [0, 0.1) is 0 Å². The normalized spacial score (nSPS) is 19.5. The van der Waals surface area contributed by atoms with Crippen molar-refractivity contribution in [2.45, 2.75) is 25.6 Å². The topological polar surface area (TPSA) is 67.2 Å². The quantitative estimate of drug-likeness (QED) is 0.636. The van der Waals surface area contributed by atoms with Crippen LogP contribution in [-0.4, -0.2) is 27.4 Å². The fourth-order valence-corrected chi connectivity index (χ4v) is 4.14. The summed E-state index contributed by atoms with van der Waals surface area (Å²) in [6, 6.07) is 16.5. The lowest BCUT2D eigenvalue weighted by Crippen LogP contribution is -2.34. The van der Waals surface area contributed by atoms with E-state index in [0.29, 0.717) is 35.1 Å². The van der Waals surface area contributed by atoms with E-state index in [2.05, 4.69) is 4.98 Å². The number of ether oxygens (including phenoxy) is 2. The van der Waals surface area contributed by atoms with Gasteiger partial charge in [-0.25, -0.2) is 5.01 Å². The highest BCUT2D eigenvalue weighted by Gasteiger charge is 2.43. The van der Waals surface area contributed by atoms with Gasteiger partial charge in [-0.15, -0.1) is 0 Å². The van der Waals surface area contributed by atoms with E-state index in [-0.39, 0.29) is 11.8 Å². The highest BCUT2D eigenvalue weighted by molar-refractivity contribution is 6.31. The van der Waals surface area contributed by atoms with Crippen molar-refractivity contribution in [1.29, 1.82) is 0 Å². The van der Waals surface area contributed by atoms with Crippen LogP contribution in [0.5, 0.6) is 17.2 Å². The van der Waals surface area contributed by atoms with Crippen molar-refractivity contribution in [3.63, 3.8) is 0 Å². The van der Waals surface area contributed by atoms with E-state index < -0.39 is 6.23 Å². The molecule has 0 saturated carbocycles. The molecule has 1 aromatic heterocycles. The molecule has 152 valence electrons. The summed E-state index contributed by atoms with van der Waals surface area (Å²) >= 11 is 6.18. The van der Waals surface area contributed by atoms with Gasteiger partial charge in [-0.3, -0.25) is 4.98 Å². The maximum absolute atomic E-state index is 10.4. The van der Waals surface area contributed by atoms with Crippen LogP contribution in [0.15, 0.2) is 65.9 Å². The standard InChI is InChI=1S/C23H20ClN3O3/c1-2-29-21-8-5-6-15-19-13-18(16-12-14(24)9-10-20(16)28)26-27(19)23(30-22(15)21)17-7-3-4-11-25-17/h3-12,19,23,28H,2,13H2,1H3/t19-,23+/m1/s1. The molecule has 2 atom stereocenters. The Hall–Kier alpha value is -3.25. The van der Waals surface area contributed by atoms with Gasteiger partial charge in [0.15, 0.2) is 11.5 Å². The number of hydrogen-bond donors (Lipinski definition) is 1. The van der Waals surface area contributed by atoms with Crippen molar-refractivity contribution in [1.82, 2.24) is 9.99 Å². The lowest BCUT2D eigenvalue weighted by molar-refractivity contribution is -0.0240. The monoisotopic (exact) mass is 421 g/mol. The molecule has 2 aromatic carbocycles. The average Bonchev–Trinajstić information content (AvgIpc) is 3.21. The van der Waals surface area contributed by atoms with E-state index in [1.807, 2.05) is 48.3 Å². The van der Waals surface area contributed by atoms with Crippen molar-refractivity contribution < 1.29 is 14.6 Å². The predicted octanol–water partition coefficient (Wildman–Crippen LogP) is 5.08. The zero-order valence-corrected chi connectivity index (χ0v) is 17.1. The summed E-state index contributed by atoms with van der Waals surface area (Å²) in [4.78, 5) is 4.49. The molecule has 2 aliphatic rings. The molecule has 0 spiro atoms. The largest absolute Gasteiger partial charge is 0.507 e. The van der Waals surface area contributed by atoms with Gasteiger partial charge in [-0.1, -0.05) is 29.8 Å². The molecule has 0 radical (unpaired) electrons. The molecule has 3 heterocycles. The molecule has 0 amide bonds. The van der Waals surface area contributed by atoms with E-state index >= 15 is 0 Å². The van der Waals surface area contributed by atoms with Crippen molar-refractivity contribution in [3.05, 3.63) is 82.6 Å². The Morgan fingerprint density at radius 2 is 2.10 bits per heavy atom. The van der Waals surface area contributed by atoms with Gasteiger partial charge in [0.1, 0.15) is 11.4 Å². The maximum Gasteiger partial charge on any atom is 0.230 e. The Bertz CT molecular complexity index is 1120. The van der Waals surface area contributed by atoms with Crippen LogP contribution in [0.25, 0.3) is 0 Å². The SMILES string of the molecule is CCOc1cccc2c1O[C@@H](c1ccccn1)N1N=C(c3cc(Cl)ccc3O)C[C@H]21. The third kappa shape index (κ3) is 3.13. The van der Waals surface area contributed by atoms with E-state index in [1.54, 1.807) is 24.4 Å². The van der Waals surface area contributed by atoms with Crippen molar-refractivity contribution >= 4 is 17.3 Å². The minimum atomic E-state index is -0.510. The van der Waals surface area contributed by atoms with Gasteiger partial charge in [0.25, 0.3) is 0 Å². The summed E-state index contributed by atoms with van der Waals surface area (Å²) in [5.74, 6) is 1.56. The number of hydrogen-bond acceptors (Lipinski definition) is 6. The summed E-state index contributed by atoms with van der Waals surface area (Å²) < 4.78 is 12.2. The number of pyridine rings is 1. The number of benzene rings is 2. The molecule has 5 rings (SSSR count). The molecule has 3 aromatic rings. The number of aromatic hydroxyl groups is 1. The summed E-state index contributed by atoms with van der Waals surface area (Å²) in [5, 5.41) is 17.7. The minimum Gasteiger partial charge on any atom is -0.507 e. The number of aromatic nitrogens is 1. The van der Waals surface area contributed by atoms with Crippen LogP contribution >= 0.6 is 11.6 Å². The van der Waals surface area contributed by atoms with Gasteiger partial charge in [0.2, 0.25) is 6.23 Å². The first-order chi connectivity index (χ1) is 14.7. The highest BCUT2D eigenvalue weighted by Crippen LogP contribution is 2.50.